The van der Waals surface area contributed by atoms with Crippen molar-refractivity contribution < 1.29 is 9.59 Å². The molecule has 1 aliphatic heterocycles. The number of hydrogen-bond acceptors (Lipinski definition) is 4. The number of benzene rings is 1. The zero-order valence-electron chi connectivity index (χ0n) is 19.3. The Morgan fingerprint density at radius 1 is 1.06 bits per heavy atom. The van der Waals surface area contributed by atoms with Gasteiger partial charge in [-0.05, 0) is 86.7 Å². The third kappa shape index (κ3) is 3.83. The summed E-state index contributed by atoms with van der Waals surface area (Å²) >= 11 is 0. The Morgan fingerprint density at radius 2 is 1.76 bits per heavy atom. The van der Waals surface area contributed by atoms with Crippen LogP contribution in [0.2, 0.25) is 0 Å². The summed E-state index contributed by atoms with van der Waals surface area (Å²) in [5.41, 5.74) is 3.74. The van der Waals surface area contributed by atoms with E-state index in [9.17, 15) is 9.59 Å². The SMILES string of the molecule is Cc1ccccc1C(=O)N1CCc2c(ncnc2NC(=O)CC23CC4CC(CC(C4)C2)C3)C1. The van der Waals surface area contributed by atoms with E-state index in [1.165, 1.54) is 44.9 Å². The molecule has 2 amide bonds. The molecule has 4 bridgehead atoms. The first-order chi connectivity index (χ1) is 16.0. The van der Waals surface area contributed by atoms with Crippen LogP contribution < -0.4 is 5.32 Å². The number of carbonyl (C=O) groups is 2. The Balaban J connectivity index is 1.15. The first kappa shape index (κ1) is 20.8. The lowest BCUT2D eigenvalue weighted by Crippen LogP contribution is -2.47. The highest BCUT2D eigenvalue weighted by atomic mass is 16.2. The van der Waals surface area contributed by atoms with Crippen LogP contribution in [0, 0.1) is 30.1 Å². The quantitative estimate of drug-likeness (QED) is 0.752. The third-order valence-corrected chi connectivity index (χ3v) is 8.63. The molecule has 0 radical (unpaired) electrons. The number of hydrogen-bond donors (Lipinski definition) is 1. The number of aromatic nitrogens is 2. The Kier molecular flexibility index (Phi) is 5.00. The predicted molar refractivity (Wildman–Crippen MR) is 126 cm³/mol. The Labute approximate surface area is 195 Å². The molecule has 4 fully saturated rings. The van der Waals surface area contributed by atoms with Crippen LogP contribution in [-0.4, -0.2) is 33.2 Å². The fourth-order valence-electron chi connectivity index (χ4n) is 7.64. The standard InChI is InChI=1S/C27H32N4O2/c1-17-4-2-3-5-21(17)26(33)31-7-6-22-23(15-31)28-16-29-25(22)30-24(32)14-27-11-18-8-19(12-27)10-20(9-18)13-27/h2-5,16,18-20H,6-15H2,1H3,(H,28,29,30,32). The van der Waals surface area contributed by atoms with E-state index in [1.807, 2.05) is 36.1 Å². The van der Waals surface area contributed by atoms with Crippen molar-refractivity contribution in [3.05, 3.63) is 53.0 Å². The van der Waals surface area contributed by atoms with E-state index >= 15 is 0 Å². The van der Waals surface area contributed by atoms with Gasteiger partial charge in [0, 0.05) is 24.1 Å². The van der Waals surface area contributed by atoms with Crippen LogP contribution in [0.15, 0.2) is 30.6 Å². The molecule has 5 aliphatic rings. The predicted octanol–water partition coefficient (Wildman–Crippen LogP) is 4.53. The molecule has 1 N–H and O–H groups in total. The first-order valence-electron chi connectivity index (χ1n) is 12.5. The lowest BCUT2D eigenvalue weighted by Gasteiger charge is -2.56. The highest BCUT2D eigenvalue weighted by molar-refractivity contribution is 5.96. The summed E-state index contributed by atoms with van der Waals surface area (Å²) in [5, 5.41) is 3.14. The molecular formula is C27H32N4O2. The number of nitrogens with one attached hydrogen (secondary N) is 1. The number of aryl methyl sites for hydroxylation is 1. The average Bonchev–Trinajstić information content (AvgIpc) is 2.77. The molecule has 172 valence electrons. The molecular weight excluding hydrogens is 412 g/mol. The number of carbonyl (C=O) groups excluding carboxylic acids is 2. The zero-order valence-corrected chi connectivity index (χ0v) is 19.3. The van der Waals surface area contributed by atoms with Gasteiger partial charge in [0.2, 0.25) is 5.91 Å². The van der Waals surface area contributed by atoms with Gasteiger partial charge in [-0.3, -0.25) is 9.59 Å². The number of rotatable bonds is 4. The smallest absolute Gasteiger partial charge is 0.254 e. The molecule has 0 spiro atoms. The van der Waals surface area contributed by atoms with Gasteiger partial charge in [-0.2, -0.15) is 0 Å². The van der Waals surface area contributed by atoms with Crippen LogP contribution in [0.3, 0.4) is 0 Å². The second-order valence-corrected chi connectivity index (χ2v) is 11.1. The Morgan fingerprint density at radius 3 is 2.45 bits per heavy atom. The minimum absolute atomic E-state index is 0.0322. The van der Waals surface area contributed by atoms with Crippen molar-refractivity contribution in [3.8, 4) is 0 Å². The largest absolute Gasteiger partial charge is 0.332 e. The van der Waals surface area contributed by atoms with E-state index in [4.69, 9.17) is 0 Å². The maximum Gasteiger partial charge on any atom is 0.254 e. The Bertz CT molecular complexity index is 1080. The molecule has 2 aromatic rings. The van der Waals surface area contributed by atoms with Crippen molar-refractivity contribution in [1.29, 1.82) is 0 Å². The van der Waals surface area contributed by atoms with E-state index < -0.39 is 0 Å². The maximum atomic E-state index is 13.1. The minimum atomic E-state index is 0.0322. The summed E-state index contributed by atoms with van der Waals surface area (Å²) in [4.78, 5) is 36.9. The van der Waals surface area contributed by atoms with Crippen molar-refractivity contribution in [2.24, 2.45) is 23.2 Å². The van der Waals surface area contributed by atoms with Crippen LogP contribution in [0.5, 0.6) is 0 Å². The van der Waals surface area contributed by atoms with Crippen molar-refractivity contribution in [2.45, 2.75) is 64.8 Å². The zero-order chi connectivity index (χ0) is 22.6. The molecule has 1 aromatic carbocycles. The minimum Gasteiger partial charge on any atom is -0.332 e. The summed E-state index contributed by atoms with van der Waals surface area (Å²) in [6.45, 7) is 3.01. The van der Waals surface area contributed by atoms with E-state index in [0.717, 1.165) is 40.1 Å². The van der Waals surface area contributed by atoms with E-state index in [2.05, 4.69) is 15.3 Å². The molecule has 1 aromatic heterocycles. The third-order valence-electron chi connectivity index (χ3n) is 8.63. The average molecular weight is 445 g/mol. The molecule has 0 saturated heterocycles. The number of fused-ring (bicyclic) bond motifs is 1. The lowest BCUT2D eigenvalue weighted by atomic mass is 9.49. The summed E-state index contributed by atoms with van der Waals surface area (Å²) in [6, 6.07) is 7.69. The summed E-state index contributed by atoms with van der Waals surface area (Å²) in [5.74, 6) is 3.28. The van der Waals surface area contributed by atoms with Gasteiger partial charge >= 0.3 is 0 Å². The van der Waals surface area contributed by atoms with E-state index in [0.29, 0.717) is 31.7 Å². The number of amides is 2. The van der Waals surface area contributed by atoms with Gasteiger partial charge in [-0.1, -0.05) is 18.2 Å². The van der Waals surface area contributed by atoms with Crippen molar-refractivity contribution >= 4 is 17.6 Å². The van der Waals surface area contributed by atoms with Crippen LogP contribution in [-0.2, 0) is 17.8 Å². The summed E-state index contributed by atoms with van der Waals surface area (Å²) in [6.07, 6.45) is 10.6. The molecule has 6 heteroatoms. The maximum absolute atomic E-state index is 13.1. The van der Waals surface area contributed by atoms with Crippen LogP contribution in [0.4, 0.5) is 5.82 Å². The van der Waals surface area contributed by atoms with Gasteiger partial charge in [0.25, 0.3) is 5.91 Å². The second kappa shape index (κ2) is 7.93. The molecule has 4 aliphatic carbocycles. The molecule has 4 saturated carbocycles. The fourth-order valence-corrected chi connectivity index (χ4v) is 7.64. The lowest BCUT2D eigenvalue weighted by molar-refractivity contribution is -0.124. The van der Waals surface area contributed by atoms with Crippen LogP contribution >= 0.6 is 0 Å². The highest BCUT2D eigenvalue weighted by Gasteiger charge is 2.51. The van der Waals surface area contributed by atoms with Crippen LogP contribution in [0.1, 0.15) is 72.1 Å². The normalized spacial score (nSPS) is 29.6. The first-order valence-corrected chi connectivity index (χ1v) is 12.5. The van der Waals surface area contributed by atoms with Gasteiger partial charge in [-0.15, -0.1) is 0 Å². The van der Waals surface area contributed by atoms with Crippen molar-refractivity contribution in [2.75, 3.05) is 11.9 Å². The molecule has 6 nitrogen and oxygen atoms in total. The van der Waals surface area contributed by atoms with Crippen LogP contribution in [0.25, 0.3) is 0 Å². The number of nitrogens with zero attached hydrogens (tertiary/aromatic N) is 3. The second-order valence-electron chi connectivity index (χ2n) is 11.1. The van der Waals surface area contributed by atoms with Gasteiger partial charge in [0.1, 0.15) is 12.1 Å². The van der Waals surface area contributed by atoms with Gasteiger partial charge in [0.05, 0.1) is 12.2 Å². The van der Waals surface area contributed by atoms with Gasteiger partial charge < -0.3 is 10.2 Å². The molecule has 33 heavy (non-hydrogen) atoms. The summed E-state index contributed by atoms with van der Waals surface area (Å²) in [7, 11) is 0. The number of anilines is 1. The molecule has 2 heterocycles. The topological polar surface area (TPSA) is 75.2 Å². The van der Waals surface area contributed by atoms with E-state index in [-0.39, 0.29) is 17.2 Å². The molecule has 0 unspecified atom stereocenters. The van der Waals surface area contributed by atoms with E-state index in [1.54, 1.807) is 0 Å². The fraction of sp³-hybridized carbons (Fsp3) is 0.556. The van der Waals surface area contributed by atoms with Crippen molar-refractivity contribution in [3.63, 3.8) is 0 Å². The molecule has 7 rings (SSSR count). The van der Waals surface area contributed by atoms with Gasteiger partial charge in [-0.25, -0.2) is 9.97 Å². The highest BCUT2D eigenvalue weighted by Crippen LogP contribution is 2.61. The summed E-state index contributed by atoms with van der Waals surface area (Å²) < 4.78 is 0. The molecule has 0 atom stereocenters. The van der Waals surface area contributed by atoms with Gasteiger partial charge in [0.15, 0.2) is 0 Å². The monoisotopic (exact) mass is 444 g/mol. The Hall–Kier alpha value is -2.76. The van der Waals surface area contributed by atoms with Crippen molar-refractivity contribution in [1.82, 2.24) is 14.9 Å².